The molecule has 3 amide bonds. The molecular formula is C20H20Cl2FN3O3. The second-order valence-electron chi connectivity index (χ2n) is 6.99. The van der Waals surface area contributed by atoms with Crippen molar-refractivity contribution in [1.29, 1.82) is 0 Å². The fourth-order valence-electron chi connectivity index (χ4n) is 3.59. The van der Waals surface area contributed by atoms with Gasteiger partial charge >= 0.3 is 12.1 Å². The third kappa shape index (κ3) is 4.57. The van der Waals surface area contributed by atoms with Crippen molar-refractivity contribution in [3.8, 4) is 0 Å². The average Bonchev–Trinajstić information content (AvgIpc) is 3.11. The molecule has 6 nitrogen and oxygen atoms in total. The first-order valence-corrected chi connectivity index (χ1v) is 9.63. The normalized spacial score (nSPS) is 18.6. The highest BCUT2D eigenvalue weighted by atomic mass is 35.5. The Morgan fingerprint density at radius 1 is 1.07 bits per heavy atom. The number of likely N-dealkylation sites (tertiary alicyclic amines) is 1. The predicted molar refractivity (Wildman–Crippen MR) is 111 cm³/mol. The molecule has 1 heterocycles. The Labute approximate surface area is 178 Å². The maximum absolute atomic E-state index is 13.3. The first-order chi connectivity index (χ1) is 13.7. The van der Waals surface area contributed by atoms with E-state index in [1.807, 2.05) is 0 Å². The molecule has 0 radical (unpaired) electrons. The Kier molecular flexibility index (Phi) is 6.19. The maximum Gasteiger partial charge on any atom is 0.407 e. The minimum atomic E-state index is -1.06. The summed E-state index contributed by atoms with van der Waals surface area (Å²) in [6.45, 7) is 0.375. The molecule has 0 unspecified atom stereocenters. The number of carbonyl (C=O) groups excluding carboxylic acids is 1. The highest BCUT2D eigenvalue weighted by Crippen LogP contribution is 2.32. The van der Waals surface area contributed by atoms with E-state index in [-0.39, 0.29) is 30.9 Å². The molecule has 1 aliphatic rings. The molecule has 29 heavy (non-hydrogen) atoms. The summed E-state index contributed by atoms with van der Waals surface area (Å²) < 4.78 is 13.3. The van der Waals surface area contributed by atoms with Crippen LogP contribution in [0.25, 0.3) is 0 Å². The largest absolute Gasteiger partial charge is 0.465 e. The lowest BCUT2D eigenvalue weighted by Crippen LogP contribution is -2.47. The van der Waals surface area contributed by atoms with Gasteiger partial charge in [-0.05, 0) is 35.9 Å². The maximum atomic E-state index is 13.3. The molecule has 1 N–H and O–H groups in total. The lowest BCUT2D eigenvalue weighted by atomic mass is 9.93. The topological polar surface area (TPSA) is 64.1 Å². The Hall–Kier alpha value is -2.51. The molecular weight excluding hydrogens is 420 g/mol. The van der Waals surface area contributed by atoms with Gasteiger partial charge in [0.25, 0.3) is 0 Å². The van der Waals surface area contributed by atoms with Gasteiger partial charge in [-0.3, -0.25) is 4.90 Å². The van der Waals surface area contributed by atoms with Gasteiger partial charge in [-0.15, -0.1) is 0 Å². The second-order valence-corrected chi connectivity index (χ2v) is 7.87. The van der Waals surface area contributed by atoms with Crippen molar-refractivity contribution in [2.45, 2.75) is 12.0 Å². The molecule has 3 rings (SSSR count). The summed E-state index contributed by atoms with van der Waals surface area (Å²) in [5.74, 6) is -0.655. The predicted octanol–water partition coefficient (Wildman–Crippen LogP) is 4.77. The minimum absolute atomic E-state index is 0.157. The van der Waals surface area contributed by atoms with Crippen LogP contribution in [0.4, 0.5) is 19.7 Å². The van der Waals surface area contributed by atoms with Gasteiger partial charge in [-0.25, -0.2) is 14.0 Å². The van der Waals surface area contributed by atoms with Crippen LogP contribution in [0.2, 0.25) is 10.0 Å². The van der Waals surface area contributed by atoms with Crippen molar-refractivity contribution < 1.29 is 19.1 Å². The van der Waals surface area contributed by atoms with E-state index in [1.165, 1.54) is 26.8 Å². The Morgan fingerprint density at radius 2 is 1.66 bits per heavy atom. The number of nitrogens with zero attached hydrogens (tertiary/aromatic N) is 3. The summed E-state index contributed by atoms with van der Waals surface area (Å²) in [6.07, 6.45) is -1.06. The number of hydrogen-bond donors (Lipinski definition) is 1. The number of likely N-dealkylation sites (N-methyl/N-ethyl adjacent to an activating group) is 1. The first kappa shape index (κ1) is 21.2. The zero-order valence-corrected chi connectivity index (χ0v) is 17.4. The van der Waals surface area contributed by atoms with Crippen LogP contribution in [-0.4, -0.2) is 60.3 Å². The van der Waals surface area contributed by atoms with Gasteiger partial charge in [0.05, 0.1) is 6.04 Å². The van der Waals surface area contributed by atoms with E-state index in [0.717, 1.165) is 5.56 Å². The van der Waals surface area contributed by atoms with Crippen molar-refractivity contribution in [2.24, 2.45) is 0 Å². The van der Waals surface area contributed by atoms with E-state index >= 15 is 0 Å². The van der Waals surface area contributed by atoms with Gasteiger partial charge in [0, 0.05) is 48.8 Å². The van der Waals surface area contributed by atoms with Crippen molar-refractivity contribution in [3.05, 3.63) is 63.9 Å². The standard InChI is InChI=1S/C20H20Cl2FN3O3/c1-24(16-8-13(21)7-14(22)9-16)19(27)25(2)18-11-26(20(28)29)10-17(18)12-3-5-15(23)6-4-12/h3-9,17-18H,10-11H2,1-2H3,(H,28,29)/t17-,18+/m0/s1. The summed E-state index contributed by atoms with van der Waals surface area (Å²) in [6, 6.07) is 9.96. The highest BCUT2D eigenvalue weighted by molar-refractivity contribution is 6.35. The molecule has 1 saturated heterocycles. The van der Waals surface area contributed by atoms with Crippen molar-refractivity contribution >= 4 is 41.0 Å². The summed E-state index contributed by atoms with van der Waals surface area (Å²) in [7, 11) is 3.22. The number of rotatable bonds is 3. The molecule has 9 heteroatoms. The lowest BCUT2D eigenvalue weighted by Gasteiger charge is -2.32. The van der Waals surface area contributed by atoms with Crippen LogP contribution in [0.15, 0.2) is 42.5 Å². The molecule has 0 aliphatic carbocycles. The zero-order chi connectivity index (χ0) is 21.3. The number of carbonyl (C=O) groups is 2. The van der Waals surface area contributed by atoms with Crippen LogP contribution in [0.3, 0.4) is 0 Å². The quantitative estimate of drug-likeness (QED) is 0.748. The number of benzene rings is 2. The fourth-order valence-corrected chi connectivity index (χ4v) is 4.11. The van der Waals surface area contributed by atoms with Crippen LogP contribution in [-0.2, 0) is 0 Å². The number of anilines is 1. The molecule has 1 fully saturated rings. The molecule has 2 aromatic rings. The second kappa shape index (κ2) is 8.47. The molecule has 0 saturated carbocycles. The number of carboxylic acid groups (broad SMARTS) is 1. The number of halogens is 3. The minimum Gasteiger partial charge on any atom is -0.465 e. The Bertz CT molecular complexity index is 905. The summed E-state index contributed by atoms with van der Waals surface area (Å²) in [5.41, 5.74) is 1.29. The van der Waals surface area contributed by atoms with Crippen LogP contribution in [0, 0.1) is 5.82 Å². The van der Waals surface area contributed by atoms with Gasteiger partial charge in [0.1, 0.15) is 5.82 Å². The van der Waals surface area contributed by atoms with Gasteiger partial charge in [0.15, 0.2) is 0 Å². The fraction of sp³-hybridized carbons (Fsp3) is 0.300. The monoisotopic (exact) mass is 439 g/mol. The smallest absolute Gasteiger partial charge is 0.407 e. The van der Waals surface area contributed by atoms with E-state index in [9.17, 15) is 19.1 Å². The molecule has 2 atom stereocenters. The van der Waals surface area contributed by atoms with Crippen LogP contribution < -0.4 is 4.90 Å². The Balaban J connectivity index is 1.87. The zero-order valence-electron chi connectivity index (χ0n) is 15.8. The molecule has 2 aromatic carbocycles. The van der Waals surface area contributed by atoms with Crippen molar-refractivity contribution in [3.63, 3.8) is 0 Å². The number of hydrogen-bond acceptors (Lipinski definition) is 2. The van der Waals surface area contributed by atoms with Gasteiger partial charge in [-0.1, -0.05) is 35.3 Å². The molecule has 154 valence electrons. The molecule has 0 spiro atoms. The van der Waals surface area contributed by atoms with Crippen LogP contribution in [0.1, 0.15) is 11.5 Å². The number of urea groups is 1. The van der Waals surface area contributed by atoms with Crippen LogP contribution in [0.5, 0.6) is 0 Å². The van der Waals surface area contributed by atoms with Gasteiger partial charge in [0.2, 0.25) is 0 Å². The third-order valence-corrected chi connectivity index (χ3v) is 5.61. The van der Waals surface area contributed by atoms with E-state index in [0.29, 0.717) is 15.7 Å². The Morgan fingerprint density at radius 3 is 2.21 bits per heavy atom. The summed E-state index contributed by atoms with van der Waals surface area (Å²) in [5, 5.41) is 10.2. The number of amides is 3. The van der Waals surface area contributed by atoms with Crippen LogP contribution >= 0.6 is 23.2 Å². The summed E-state index contributed by atoms with van der Waals surface area (Å²) in [4.78, 5) is 28.8. The van der Waals surface area contributed by atoms with Gasteiger partial charge in [-0.2, -0.15) is 0 Å². The van der Waals surface area contributed by atoms with E-state index in [1.54, 1.807) is 44.4 Å². The molecule has 0 bridgehead atoms. The highest BCUT2D eigenvalue weighted by Gasteiger charge is 2.40. The van der Waals surface area contributed by atoms with E-state index in [4.69, 9.17) is 23.2 Å². The third-order valence-electron chi connectivity index (χ3n) is 5.18. The lowest BCUT2D eigenvalue weighted by molar-refractivity contribution is 0.150. The first-order valence-electron chi connectivity index (χ1n) is 8.87. The van der Waals surface area contributed by atoms with Crippen molar-refractivity contribution in [2.75, 3.05) is 32.1 Å². The molecule has 1 aliphatic heterocycles. The van der Waals surface area contributed by atoms with Gasteiger partial charge < -0.3 is 14.9 Å². The van der Waals surface area contributed by atoms with E-state index in [2.05, 4.69) is 0 Å². The summed E-state index contributed by atoms with van der Waals surface area (Å²) >= 11 is 12.1. The molecule has 0 aromatic heterocycles. The van der Waals surface area contributed by atoms with E-state index < -0.39 is 12.1 Å². The van der Waals surface area contributed by atoms with Crippen molar-refractivity contribution in [1.82, 2.24) is 9.80 Å². The SMILES string of the molecule is CN(C(=O)N(C)[C@@H]1CN(C(=O)O)C[C@H]1c1ccc(F)cc1)c1cc(Cl)cc(Cl)c1. The average molecular weight is 440 g/mol.